The van der Waals surface area contributed by atoms with E-state index in [1.54, 1.807) is 17.0 Å². The number of rotatable bonds is 6. The van der Waals surface area contributed by atoms with Crippen LogP contribution in [-0.2, 0) is 11.3 Å². The van der Waals surface area contributed by atoms with Gasteiger partial charge in [0.05, 0.1) is 0 Å². The normalized spacial score (nSPS) is 15.6. The van der Waals surface area contributed by atoms with Crippen LogP contribution in [0.2, 0.25) is 5.15 Å². The number of hydrogen-bond donors (Lipinski definition) is 0. The van der Waals surface area contributed by atoms with Gasteiger partial charge in [-0.3, -0.25) is 9.69 Å². The van der Waals surface area contributed by atoms with Crippen molar-refractivity contribution in [3.05, 3.63) is 53.2 Å². The summed E-state index contributed by atoms with van der Waals surface area (Å²) >= 11 is 5.68. The van der Waals surface area contributed by atoms with E-state index in [1.165, 1.54) is 5.56 Å². The van der Waals surface area contributed by atoms with E-state index in [9.17, 15) is 4.79 Å². The van der Waals surface area contributed by atoms with Crippen molar-refractivity contribution in [2.24, 2.45) is 0 Å². The summed E-state index contributed by atoms with van der Waals surface area (Å²) in [5.74, 6) is 0.247. The maximum Gasteiger partial charge on any atom is 0.260 e. The lowest BCUT2D eigenvalue weighted by Gasteiger charge is -2.36. The van der Waals surface area contributed by atoms with Crippen LogP contribution in [0.4, 0.5) is 0 Å². The van der Waals surface area contributed by atoms with Crippen LogP contribution >= 0.6 is 11.6 Å². The summed E-state index contributed by atoms with van der Waals surface area (Å²) in [6, 6.07) is 13.9. The van der Waals surface area contributed by atoms with Gasteiger partial charge in [0.15, 0.2) is 11.8 Å². The van der Waals surface area contributed by atoms with Crippen LogP contribution in [0.15, 0.2) is 42.5 Å². The molecule has 138 valence electrons. The molecule has 26 heavy (non-hydrogen) atoms. The van der Waals surface area contributed by atoms with Crippen molar-refractivity contribution in [1.82, 2.24) is 20.0 Å². The molecule has 0 spiro atoms. The van der Waals surface area contributed by atoms with Crippen LogP contribution in [0.25, 0.3) is 0 Å². The summed E-state index contributed by atoms with van der Waals surface area (Å²) in [5.41, 5.74) is 1.33. The summed E-state index contributed by atoms with van der Waals surface area (Å²) in [4.78, 5) is 16.6. The number of amides is 1. The Morgan fingerprint density at radius 3 is 2.58 bits per heavy atom. The number of likely N-dealkylation sites (tertiary alicyclic amines) is 1. The zero-order valence-electron chi connectivity index (χ0n) is 14.8. The second kappa shape index (κ2) is 8.96. The summed E-state index contributed by atoms with van der Waals surface area (Å²) in [7, 11) is 1.84. The Balaban J connectivity index is 1.43. The molecule has 7 heteroatoms. The number of aromatic nitrogens is 2. The van der Waals surface area contributed by atoms with Crippen molar-refractivity contribution >= 4 is 17.5 Å². The largest absolute Gasteiger partial charge is 0.466 e. The van der Waals surface area contributed by atoms with Crippen molar-refractivity contribution in [2.75, 3.05) is 26.7 Å². The average molecular weight is 375 g/mol. The van der Waals surface area contributed by atoms with E-state index < -0.39 is 0 Å². The first kappa shape index (κ1) is 18.6. The van der Waals surface area contributed by atoms with Gasteiger partial charge in [-0.25, -0.2) is 0 Å². The Kier molecular flexibility index (Phi) is 6.41. The molecule has 2 aromatic rings. The third kappa shape index (κ3) is 5.16. The predicted octanol–water partition coefficient (Wildman–Crippen LogP) is 2.63. The highest BCUT2D eigenvalue weighted by atomic mass is 35.5. The number of likely N-dealkylation sites (N-methyl/N-ethyl adjacent to an activating group) is 1. The van der Waals surface area contributed by atoms with Crippen LogP contribution in [0, 0.1) is 0 Å². The number of piperidine rings is 1. The fourth-order valence-electron chi connectivity index (χ4n) is 3.13. The van der Waals surface area contributed by atoms with Crippen molar-refractivity contribution in [2.45, 2.75) is 25.4 Å². The molecule has 0 saturated carbocycles. The lowest BCUT2D eigenvalue weighted by Crippen LogP contribution is -2.46. The number of ether oxygens (including phenoxy) is 1. The molecule has 1 saturated heterocycles. The maximum absolute atomic E-state index is 12.4. The monoisotopic (exact) mass is 374 g/mol. The van der Waals surface area contributed by atoms with Crippen LogP contribution in [0.5, 0.6) is 5.88 Å². The average Bonchev–Trinajstić information content (AvgIpc) is 2.68. The highest BCUT2D eigenvalue weighted by Gasteiger charge is 2.25. The summed E-state index contributed by atoms with van der Waals surface area (Å²) in [6.45, 7) is 2.89. The van der Waals surface area contributed by atoms with Gasteiger partial charge in [0.2, 0.25) is 5.88 Å². The van der Waals surface area contributed by atoms with Gasteiger partial charge < -0.3 is 9.64 Å². The van der Waals surface area contributed by atoms with E-state index in [2.05, 4.69) is 39.4 Å². The number of hydrogen-bond acceptors (Lipinski definition) is 5. The maximum atomic E-state index is 12.4. The third-order valence-electron chi connectivity index (χ3n) is 4.70. The number of nitrogens with zero attached hydrogens (tertiary/aromatic N) is 4. The molecule has 2 heterocycles. The van der Waals surface area contributed by atoms with Crippen molar-refractivity contribution in [1.29, 1.82) is 0 Å². The second-order valence-corrected chi connectivity index (χ2v) is 6.87. The minimum Gasteiger partial charge on any atom is -0.466 e. The molecular formula is C19H23ClN4O2. The van der Waals surface area contributed by atoms with Crippen molar-refractivity contribution in [3.63, 3.8) is 0 Å². The molecule has 1 amide bonds. The van der Waals surface area contributed by atoms with Crippen LogP contribution < -0.4 is 4.74 Å². The molecule has 0 N–H and O–H groups in total. The molecule has 1 aliphatic heterocycles. The van der Waals surface area contributed by atoms with E-state index in [1.807, 2.05) is 13.1 Å². The minimum absolute atomic E-state index is 0.0446. The number of carbonyl (C=O) groups is 1. The van der Waals surface area contributed by atoms with E-state index in [0.29, 0.717) is 11.0 Å². The topological polar surface area (TPSA) is 58.6 Å². The van der Waals surface area contributed by atoms with Gasteiger partial charge in [0.1, 0.15) is 0 Å². The standard InChI is InChI=1S/C19H23ClN4O2/c1-23(19(25)14-26-18-8-7-17(20)21-22-18)16-9-11-24(12-10-16)13-15-5-3-2-4-6-15/h2-8,16H,9-14H2,1H3. The Bertz CT molecular complexity index is 703. The number of halogens is 1. The molecule has 1 aliphatic rings. The minimum atomic E-state index is -0.0525. The van der Waals surface area contributed by atoms with E-state index in [0.717, 1.165) is 32.5 Å². The Morgan fingerprint density at radius 1 is 1.19 bits per heavy atom. The molecule has 1 aromatic heterocycles. The zero-order valence-corrected chi connectivity index (χ0v) is 15.6. The fourth-order valence-corrected chi connectivity index (χ4v) is 3.23. The van der Waals surface area contributed by atoms with Gasteiger partial charge in [-0.05, 0) is 24.5 Å². The highest BCUT2D eigenvalue weighted by Crippen LogP contribution is 2.18. The second-order valence-electron chi connectivity index (χ2n) is 6.48. The summed E-state index contributed by atoms with van der Waals surface area (Å²) in [5, 5.41) is 7.78. The molecule has 6 nitrogen and oxygen atoms in total. The molecule has 0 aliphatic carbocycles. The smallest absolute Gasteiger partial charge is 0.260 e. The Labute approximate surface area is 158 Å². The molecule has 0 radical (unpaired) electrons. The first-order chi connectivity index (χ1) is 12.6. The van der Waals surface area contributed by atoms with E-state index in [4.69, 9.17) is 16.3 Å². The summed E-state index contributed by atoms with van der Waals surface area (Å²) in [6.07, 6.45) is 1.94. The Hall–Kier alpha value is -2.18. The molecular weight excluding hydrogens is 352 g/mol. The first-order valence-electron chi connectivity index (χ1n) is 8.76. The molecule has 1 fully saturated rings. The first-order valence-corrected chi connectivity index (χ1v) is 9.13. The molecule has 0 bridgehead atoms. The SMILES string of the molecule is CN(C(=O)COc1ccc(Cl)nn1)C1CCN(Cc2ccccc2)CC1. The number of carbonyl (C=O) groups excluding carboxylic acids is 1. The van der Waals surface area contributed by atoms with Gasteiger partial charge in [-0.1, -0.05) is 41.9 Å². The lowest BCUT2D eigenvalue weighted by atomic mass is 10.0. The van der Waals surface area contributed by atoms with Crippen LogP contribution in [0.3, 0.4) is 0 Å². The molecule has 0 unspecified atom stereocenters. The fraction of sp³-hybridized carbons (Fsp3) is 0.421. The molecule has 0 atom stereocenters. The lowest BCUT2D eigenvalue weighted by molar-refractivity contribution is -0.135. The molecule has 1 aromatic carbocycles. The van der Waals surface area contributed by atoms with E-state index >= 15 is 0 Å². The summed E-state index contributed by atoms with van der Waals surface area (Å²) < 4.78 is 5.40. The van der Waals surface area contributed by atoms with Gasteiger partial charge in [0.25, 0.3) is 5.91 Å². The van der Waals surface area contributed by atoms with Crippen molar-refractivity contribution in [3.8, 4) is 5.88 Å². The predicted molar refractivity (Wildman–Crippen MR) is 100 cm³/mol. The van der Waals surface area contributed by atoms with Gasteiger partial charge in [-0.2, -0.15) is 0 Å². The van der Waals surface area contributed by atoms with Gasteiger partial charge in [-0.15, -0.1) is 10.2 Å². The van der Waals surface area contributed by atoms with Gasteiger partial charge >= 0.3 is 0 Å². The van der Waals surface area contributed by atoms with Crippen LogP contribution in [0.1, 0.15) is 18.4 Å². The zero-order chi connectivity index (χ0) is 18.4. The molecule has 3 rings (SSSR count). The Morgan fingerprint density at radius 2 is 1.92 bits per heavy atom. The van der Waals surface area contributed by atoms with Crippen LogP contribution in [-0.4, -0.2) is 58.7 Å². The van der Waals surface area contributed by atoms with Gasteiger partial charge in [0, 0.05) is 38.8 Å². The quantitative estimate of drug-likeness (QED) is 0.778. The van der Waals surface area contributed by atoms with E-state index in [-0.39, 0.29) is 18.6 Å². The third-order valence-corrected chi connectivity index (χ3v) is 4.90. The van der Waals surface area contributed by atoms with Crippen molar-refractivity contribution < 1.29 is 9.53 Å². The number of benzene rings is 1. The highest BCUT2D eigenvalue weighted by molar-refractivity contribution is 6.29.